The van der Waals surface area contributed by atoms with Crippen LogP contribution in [0.2, 0.25) is 0 Å². The van der Waals surface area contributed by atoms with Gasteiger partial charge in [-0.05, 0) is 24.8 Å². The molecule has 0 aromatic heterocycles. The van der Waals surface area contributed by atoms with E-state index < -0.39 is 24.0 Å². The summed E-state index contributed by atoms with van der Waals surface area (Å²) in [6, 6.07) is 5.72. The summed E-state index contributed by atoms with van der Waals surface area (Å²) < 4.78 is 0. The molecule has 0 unspecified atom stereocenters. The maximum atomic E-state index is 12.4. The van der Waals surface area contributed by atoms with E-state index in [2.05, 4.69) is 10.6 Å². The van der Waals surface area contributed by atoms with E-state index in [0.29, 0.717) is 6.42 Å². The molecule has 0 radical (unpaired) electrons. The highest BCUT2D eigenvalue weighted by molar-refractivity contribution is 5.90. The molecule has 6 nitrogen and oxygen atoms in total. The zero-order valence-electron chi connectivity index (χ0n) is 14.6. The molecule has 0 spiro atoms. The van der Waals surface area contributed by atoms with Crippen LogP contribution in [0.25, 0.3) is 0 Å². The predicted octanol–water partition coefficient (Wildman–Crippen LogP) is 1.66. The number of benzene rings is 1. The number of carbonyl (C=O) groups is 3. The highest BCUT2D eigenvalue weighted by atomic mass is 16.4. The van der Waals surface area contributed by atoms with Gasteiger partial charge in [-0.25, -0.2) is 4.79 Å². The van der Waals surface area contributed by atoms with Gasteiger partial charge in [0.25, 0.3) is 0 Å². The van der Waals surface area contributed by atoms with E-state index >= 15 is 0 Å². The van der Waals surface area contributed by atoms with Gasteiger partial charge in [-0.3, -0.25) is 9.59 Å². The zero-order valence-corrected chi connectivity index (χ0v) is 14.6. The number of nitrogens with one attached hydrogen (secondary N) is 2. The number of carbonyl (C=O) groups excluding carboxylic acids is 2. The quantitative estimate of drug-likeness (QED) is 0.674. The molecule has 6 heteroatoms. The van der Waals surface area contributed by atoms with Crippen molar-refractivity contribution in [1.29, 1.82) is 0 Å². The van der Waals surface area contributed by atoms with Crippen molar-refractivity contribution in [3.63, 3.8) is 0 Å². The van der Waals surface area contributed by atoms with Gasteiger partial charge in [0.2, 0.25) is 11.8 Å². The van der Waals surface area contributed by atoms with Gasteiger partial charge in [0.05, 0.1) is 0 Å². The van der Waals surface area contributed by atoms with Crippen molar-refractivity contribution in [3.8, 4) is 0 Å². The van der Waals surface area contributed by atoms with Gasteiger partial charge in [0.15, 0.2) is 0 Å². The van der Waals surface area contributed by atoms with Crippen LogP contribution in [0.5, 0.6) is 0 Å². The largest absolute Gasteiger partial charge is 0.480 e. The normalized spacial score (nSPS) is 13.2. The van der Waals surface area contributed by atoms with Crippen molar-refractivity contribution in [1.82, 2.24) is 10.6 Å². The van der Waals surface area contributed by atoms with Gasteiger partial charge in [0, 0.05) is 13.3 Å². The van der Waals surface area contributed by atoms with Gasteiger partial charge in [-0.2, -0.15) is 0 Å². The van der Waals surface area contributed by atoms with Crippen molar-refractivity contribution < 1.29 is 19.5 Å². The molecule has 1 aromatic rings. The van der Waals surface area contributed by atoms with Crippen LogP contribution < -0.4 is 10.6 Å². The minimum atomic E-state index is -1.10. The minimum Gasteiger partial charge on any atom is -0.480 e. The van der Waals surface area contributed by atoms with Crippen LogP contribution in [-0.2, 0) is 20.8 Å². The number of carboxylic acid groups (broad SMARTS) is 1. The van der Waals surface area contributed by atoms with Crippen molar-refractivity contribution in [2.24, 2.45) is 5.92 Å². The zero-order chi connectivity index (χ0) is 18.3. The van der Waals surface area contributed by atoms with E-state index in [4.69, 9.17) is 0 Å². The van der Waals surface area contributed by atoms with Crippen LogP contribution in [0.3, 0.4) is 0 Å². The van der Waals surface area contributed by atoms with E-state index in [1.165, 1.54) is 6.92 Å². The topological polar surface area (TPSA) is 95.5 Å². The van der Waals surface area contributed by atoms with E-state index in [1.807, 2.05) is 45.0 Å². The molecule has 2 atom stereocenters. The number of rotatable bonds is 8. The van der Waals surface area contributed by atoms with Crippen LogP contribution in [0.4, 0.5) is 0 Å². The molecule has 0 aliphatic heterocycles. The van der Waals surface area contributed by atoms with E-state index in [1.54, 1.807) is 0 Å². The smallest absolute Gasteiger partial charge is 0.326 e. The summed E-state index contributed by atoms with van der Waals surface area (Å²) in [6.07, 6.45) is 0.638. The monoisotopic (exact) mass is 334 g/mol. The fourth-order valence-electron chi connectivity index (χ4n) is 2.50. The molecule has 1 rings (SSSR count). The second-order valence-corrected chi connectivity index (χ2v) is 6.48. The number of amides is 2. The Morgan fingerprint density at radius 1 is 1.12 bits per heavy atom. The number of aliphatic carboxylic acids is 1. The second-order valence-electron chi connectivity index (χ2n) is 6.48. The molecule has 132 valence electrons. The lowest BCUT2D eigenvalue weighted by molar-refractivity contribution is -0.142. The average Bonchev–Trinajstić information content (AvgIpc) is 2.44. The van der Waals surface area contributed by atoms with Crippen molar-refractivity contribution in [2.75, 3.05) is 0 Å². The first-order valence-electron chi connectivity index (χ1n) is 8.05. The minimum absolute atomic E-state index is 0.188. The summed E-state index contributed by atoms with van der Waals surface area (Å²) in [7, 11) is 0. The van der Waals surface area contributed by atoms with Gasteiger partial charge in [-0.15, -0.1) is 0 Å². The Labute approximate surface area is 142 Å². The summed E-state index contributed by atoms with van der Waals surface area (Å²) in [5.41, 5.74) is 1.86. The summed E-state index contributed by atoms with van der Waals surface area (Å²) in [6.45, 7) is 7.13. The molecule has 0 aliphatic rings. The average molecular weight is 334 g/mol. The second kappa shape index (κ2) is 9.05. The van der Waals surface area contributed by atoms with Crippen LogP contribution in [-0.4, -0.2) is 35.0 Å². The van der Waals surface area contributed by atoms with Crippen molar-refractivity contribution in [3.05, 3.63) is 35.4 Å². The first kappa shape index (κ1) is 19.7. The number of hydrogen-bond acceptors (Lipinski definition) is 3. The summed E-state index contributed by atoms with van der Waals surface area (Å²) in [4.78, 5) is 35.2. The van der Waals surface area contributed by atoms with Crippen LogP contribution in [0.15, 0.2) is 24.3 Å². The Hall–Kier alpha value is -2.37. The van der Waals surface area contributed by atoms with E-state index in [0.717, 1.165) is 11.1 Å². The third-order valence-corrected chi connectivity index (χ3v) is 3.54. The SMILES string of the molecule is CC(=O)N[C@@H](CC(C)C)C(=O)N[C@@H](Cc1cccc(C)c1)C(=O)O. The fraction of sp³-hybridized carbons (Fsp3) is 0.500. The standard InChI is InChI=1S/C18H26N2O4/c1-11(2)8-15(19-13(4)21)17(22)20-16(18(23)24)10-14-7-5-6-12(3)9-14/h5-7,9,11,15-16H,8,10H2,1-4H3,(H,19,21)(H,20,22)(H,23,24)/t15-,16-/m0/s1. The van der Waals surface area contributed by atoms with Crippen LogP contribution in [0.1, 0.15) is 38.3 Å². The molecule has 2 amide bonds. The molecule has 1 aromatic carbocycles. The molecule has 3 N–H and O–H groups in total. The van der Waals surface area contributed by atoms with Gasteiger partial charge in [0.1, 0.15) is 12.1 Å². The molecule has 0 aliphatic carbocycles. The molecule has 0 fully saturated rings. The molecule has 0 saturated heterocycles. The molecule has 24 heavy (non-hydrogen) atoms. The molecule has 0 bridgehead atoms. The molecule has 0 saturated carbocycles. The van der Waals surface area contributed by atoms with Gasteiger partial charge >= 0.3 is 5.97 Å². The van der Waals surface area contributed by atoms with Crippen molar-refractivity contribution in [2.45, 2.75) is 52.6 Å². The number of carboxylic acids is 1. The Morgan fingerprint density at radius 2 is 1.79 bits per heavy atom. The summed E-state index contributed by atoms with van der Waals surface area (Å²) in [5, 5.41) is 14.5. The maximum Gasteiger partial charge on any atom is 0.326 e. The molecule has 0 heterocycles. The first-order valence-corrected chi connectivity index (χ1v) is 8.05. The Balaban J connectivity index is 2.83. The Bertz CT molecular complexity index is 598. The third-order valence-electron chi connectivity index (χ3n) is 3.54. The van der Waals surface area contributed by atoms with Crippen LogP contribution in [0, 0.1) is 12.8 Å². The number of hydrogen-bond donors (Lipinski definition) is 3. The Kier molecular flexibility index (Phi) is 7.42. The van der Waals surface area contributed by atoms with Crippen molar-refractivity contribution >= 4 is 17.8 Å². The third kappa shape index (κ3) is 6.81. The van der Waals surface area contributed by atoms with Gasteiger partial charge in [-0.1, -0.05) is 43.7 Å². The number of aryl methyl sites for hydroxylation is 1. The highest BCUT2D eigenvalue weighted by Gasteiger charge is 2.26. The van der Waals surface area contributed by atoms with Crippen LogP contribution >= 0.6 is 0 Å². The lowest BCUT2D eigenvalue weighted by Gasteiger charge is -2.22. The lowest BCUT2D eigenvalue weighted by atomic mass is 10.0. The van der Waals surface area contributed by atoms with E-state index in [-0.39, 0.29) is 18.2 Å². The Morgan fingerprint density at radius 3 is 2.29 bits per heavy atom. The molecular weight excluding hydrogens is 308 g/mol. The predicted molar refractivity (Wildman–Crippen MR) is 91.5 cm³/mol. The summed E-state index contributed by atoms with van der Waals surface area (Å²) >= 11 is 0. The van der Waals surface area contributed by atoms with E-state index in [9.17, 15) is 19.5 Å². The molecular formula is C18H26N2O4. The lowest BCUT2D eigenvalue weighted by Crippen LogP contribution is -2.52. The van der Waals surface area contributed by atoms with Gasteiger partial charge < -0.3 is 15.7 Å². The summed E-state index contributed by atoms with van der Waals surface area (Å²) in [5.74, 6) is -1.70. The first-order chi connectivity index (χ1) is 11.2. The highest BCUT2D eigenvalue weighted by Crippen LogP contribution is 2.09. The maximum absolute atomic E-state index is 12.4. The fourth-order valence-corrected chi connectivity index (χ4v) is 2.50.